The fourth-order valence-electron chi connectivity index (χ4n) is 1.86. The molecule has 0 fully saturated rings. The Morgan fingerprint density at radius 1 is 1.44 bits per heavy atom. The van der Waals surface area contributed by atoms with Crippen molar-refractivity contribution in [1.29, 1.82) is 0 Å². The fourth-order valence-corrected chi connectivity index (χ4v) is 1.86. The van der Waals surface area contributed by atoms with Gasteiger partial charge >= 0.3 is 0 Å². The van der Waals surface area contributed by atoms with E-state index in [2.05, 4.69) is 37.8 Å². The first-order valence-corrected chi connectivity index (χ1v) is 5.99. The van der Waals surface area contributed by atoms with Gasteiger partial charge in [-0.3, -0.25) is 4.68 Å². The van der Waals surface area contributed by atoms with E-state index in [1.807, 2.05) is 11.7 Å². The molecule has 0 spiro atoms. The summed E-state index contributed by atoms with van der Waals surface area (Å²) in [5.41, 5.74) is 7.92. The molecule has 0 bridgehead atoms. The number of nitrogens with two attached hydrogens (primary N) is 1. The van der Waals surface area contributed by atoms with Crippen molar-refractivity contribution < 1.29 is 0 Å². The zero-order valence-electron chi connectivity index (χ0n) is 11.1. The second kappa shape index (κ2) is 5.23. The van der Waals surface area contributed by atoms with E-state index in [9.17, 15) is 0 Å². The van der Waals surface area contributed by atoms with E-state index < -0.39 is 0 Å². The molecule has 92 valence electrons. The number of aryl methyl sites for hydroxylation is 2. The molecule has 0 aliphatic carbocycles. The van der Waals surface area contributed by atoms with E-state index in [-0.39, 0.29) is 0 Å². The first kappa shape index (κ1) is 12.9. The highest BCUT2D eigenvalue weighted by molar-refractivity contribution is 5.66. The largest absolute Gasteiger partial charge is 0.394 e. The maximum atomic E-state index is 6.10. The molecule has 0 radical (unpaired) electrons. The number of nitrogen functional groups attached to an aromatic ring is 1. The van der Waals surface area contributed by atoms with Crippen LogP contribution in [0.2, 0.25) is 0 Å². The Morgan fingerprint density at radius 2 is 2.06 bits per heavy atom. The van der Waals surface area contributed by atoms with E-state index in [1.165, 1.54) is 6.42 Å². The lowest BCUT2D eigenvalue weighted by atomic mass is 10.1. The van der Waals surface area contributed by atoms with Crippen LogP contribution in [0.4, 0.5) is 11.5 Å². The Labute approximate surface area is 98.4 Å². The summed E-state index contributed by atoms with van der Waals surface area (Å²) in [4.78, 5) is 2.20. The molecule has 0 atom stereocenters. The second-order valence-corrected chi connectivity index (χ2v) is 4.77. The third-order valence-corrected chi connectivity index (χ3v) is 2.87. The molecule has 16 heavy (non-hydrogen) atoms. The van der Waals surface area contributed by atoms with Crippen molar-refractivity contribution in [2.24, 2.45) is 13.0 Å². The predicted octanol–water partition coefficient (Wildman–Crippen LogP) is 2.05. The van der Waals surface area contributed by atoms with Gasteiger partial charge in [0.05, 0.1) is 11.4 Å². The van der Waals surface area contributed by atoms with Crippen molar-refractivity contribution in [1.82, 2.24) is 9.78 Å². The van der Waals surface area contributed by atoms with Crippen LogP contribution >= 0.6 is 0 Å². The minimum Gasteiger partial charge on any atom is -0.394 e. The van der Waals surface area contributed by atoms with E-state index in [0.29, 0.717) is 5.92 Å². The highest BCUT2D eigenvalue weighted by Crippen LogP contribution is 2.25. The average molecular weight is 224 g/mol. The first-order valence-electron chi connectivity index (χ1n) is 5.99. The number of hydrogen-bond donors (Lipinski definition) is 1. The maximum absolute atomic E-state index is 6.10. The fraction of sp³-hybridized carbons (Fsp3) is 0.750. The Balaban J connectivity index is 2.82. The Hall–Kier alpha value is -1.19. The van der Waals surface area contributed by atoms with Crippen LogP contribution in [0.5, 0.6) is 0 Å². The highest BCUT2D eigenvalue weighted by atomic mass is 15.4. The molecule has 4 nitrogen and oxygen atoms in total. The van der Waals surface area contributed by atoms with Gasteiger partial charge in [-0.15, -0.1) is 0 Å². The standard InChI is InChI=1S/C12H24N4/c1-6-10-11(13)12(16(5)14-10)15(4)8-7-9(2)3/h9H,6-8,13H2,1-5H3. The van der Waals surface area contributed by atoms with Crippen LogP contribution in [0.25, 0.3) is 0 Å². The van der Waals surface area contributed by atoms with Crippen molar-refractivity contribution in [3.63, 3.8) is 0 Å². The van der Waals surface area contributed by atoms with Crippen LogP contribution in [0.1, 0.15) is 32.9 Å². The highest BCUT2D eigenvalue weighted by Gasteiger charge is 2.15. The van der Waals surface area contributed by atoms with Gasteiger partial charge in [0.15, 0.2) is 0 Å². The van der Waals surface area contributed by atoms with Gasteiger partial charge < -0.3 is 10.6 Å². The summed E-state index contributed by atoms with van der Waals surface area (Å²) in [5.74, 6) is 1.75. The predicted molar refractivity (Wildman–Crippen MR) is 69.7 cm³/mol. The SMILES string of the molecule is CCc1nn(C)c(N(C)CCC(C)C)c1N. The smallest absolute Gasteiger partial charge is 0.150 e. The second-order valence-electron chi connectivity index (χ2n) is 4.77. The molecule has 0 amide bonds. The Bertz CT molecular complexity index is 341. The normalized spacial score (nSPS) is 11.1. The summed E-state index contributed by atoms with van der Waals surface area (Å²) in [5, 5.41) is 4.43. The summed E-state index contributed by atoms with van der Waals surface area (Å²) < 4.78 is 1.88. The van der Waals surface area contributed by atoms with Gasteiger partial charge in [-0.25, -0.2) is 0 Å². The van der Waals surface area contributed by atoms with E-state index in [0.717, 1.165) is 30.2 Å². The molecule has 0 aliphatic rings. The molecule has 2 N–H and O–H groups in total. The van der Waals surface area contributed by atoms with Crippen LogP contribution in [0.15, 0.2) is 0 Å². The quantitative estimate of drug-likeness (QED) is 0.832. The monoisotopic (exact) mass is 224 g/mol. The Morgan fingerprint density at radius 3 is 2.50 bits per heavy atom. The Kier molecular flexibility index (Phi) is 4.21. The van der Waals surface area contributed by atoms with Crippen LogP contribution in [0.3, 0.4) is 0 Å². The molecular formula is C12H24N4. The summed E-state index contributed by atoms with van der Waals surface area (Å²) in [6.45, 7) is 7.57. The van der Waals surface area contributed by atoms with Crippen molar-refractivity contribution in [2.45, 2.75) is 33.6 Å². The minimum atomic E-state index is 0.711. The summed E-state index contributed by atoms with van der Waals surface area (Å²) in [7, 11) is 4.03. The molecule has 0 unspecified atom stereocenters. The van der Waals surface area contributed by atoms with Crippen LogP contribution in [-0.2, 0) is 13.5 Å². The zero-order chi connectivity index (χ0) is 12.3. The number of nitrogens with zero attached hydrogens (tertiary/aromatic N) is 3. The lowest BCUT2D eigenvalue weighted by Crippen LogP contribution is -2.23. The number of rotatable bonds is 5. The van der Waals surface area contributed by atoms with Crippen LogP contribution in [-0.4, -0.2) is 23.4 Å². The van der Waals surface area contributed by atoms with Gasteiger partial charge in [-0.05, 0) is 18.8 Å². The number of hydrogen-bond acceptors (Lipinski definition) is 3. The third-order valence-electron chi connectivity index (χ3n) is 2.87. The molecule has 0 saturated carbocycles. The zero-order valence-corrected chi connectivity index (χ0v) is 11.1. The first-order chi connectivity index (χ1) is 7.47. The van der Waals surface area contributed by atoms with E-state index in [1.54, 1.807) is 0 Å². The lowest BCUT2D eigenvalue weighted by molar-refractivity contribution is 0.578. The third kappa shape index (κ3) is 2.68. The van der Waals surface area contributed by atoms with Crippen LogP contribution < -0.4 is 10.6 Å². The van der Waals surface area contributed by atoms with E-state index in [4.69, 9.17) is 5.73 Å². The molecule has 1 aromatic heterocycles. The van der Waals surface area contributed by atoms with Gasteiger partial charge in [-0.1, -0.05) is 20.8 Å². The minimum absolute atomic E-state index is 0.711. The number of anilines is 2. The van der Waals surface area contributed by atoms with E-state index >= 15 is 0 Å². The van der Waals surface area contributed by atoms with Gasteiger partial charge in [0.2, 0.25) is 0 Å². The molecule has 1 heterocycles. The van der Waals surface area contributed by atoms with Gasteiger partial charge in [-0.2, -0.15) is 5.10 Å². The van der Waals surface area contributed by atoms with Gasteiger partial charge in [0.1, 0.15) is 5.82 Å². The summed E-state index contributed by atoms with van der Waals surface area (Å²) >= 11 is 0. The van der Waals surface area contributed by atoms with Gasteiger partial charge in [0, 0.05) is 20.6 Å². The molecule has 1 rings (SSSR count). The van der Waals surface area contributed by atoms with Crippen molar-refractivity contribution in [2.75, 3.05) is 24.2 Å². The maximum Gasteiger partial charge on any atom is 0.150 e. The molecule has 4 heteroatoms. The molecule has 0 aromatic carbocycles. The van der Waals surface area contributed by atoms with Crippen molar-refractivity contribution >= 4 is 11.5 Å². The molecule has 0 aliphatic heterocycles. The van der Waals surface area contributed by atoms with Gasteiger partial charge in [0.25, 0.3) is 0 Å². The van der Waals surface area contributed by atoms with Crippen molar-refractivity contribution in [3.8, 4) is 0 Å². The molecule has 1 aromatic rings. The lowest BCUT2D eigenvalue weighted by Gasteiger charge is -2.20. The molecule has 0 saturated heterocycles. The van der Waals surface area contributed by atoms with Crippen molar-refractivity contribution in [3.05, 3.63) is 5.69 Å². The topological polar surface area (TPSA) is 47.1 Å². The summed E-state index contributed by atoms with van der Waals surface area (Å²) in [6, 6.07) is 0. The summed E-state index contributed by atoms with van der Waals surface area (Å²) in [6.07, 6.45) is 2.06. The average Bonchev–Trinajstić information content (AvgIpc) is 2.50. The number of aromatic nitrogens is 2. The van der Waals surface area contributed by atoms with Crippen LogP contribution in [0, 0.1) is 5.92 Å². The molecular weight excluding hydrogens is 200 g/mol.